The van der Waals surface area contributed by atoms with Crippen molar-refractivity contribution in [2.24, 2.45) is 5.92 Å². The smallest absolute Gasteiger partial charge is 0.340 e. The van der Waals surface area contributed by atoms with E-state index >= 15 is 0 Å². The summed E-state index contributed by atoms with van der Waals surface area (Å²) in [6.45, 7) is 4.00. The van der Waals surface area contributed by atoms with Gasteiger partial charge in [-0.3, -0.25) is 0 Å². The predicted octanol–water partition coefficient (Wildman–Crippen LogP) is 6.60. The molecule has 35 heavy (non-hydrogen) atoms. The zero-order chi connectivity index (χ0) is 26.4. The Bertz CT molecular complexity index is 1350. The fraction of sp³-hybridized carbons (Fsp3) is 0.455. The average molecular weight is 544 g/mol. The summed E-state index contributed by atoms with van der Waals surface area (Å²) in [6.07, 6.45) is 3.06. The normalized spacial score (nSPS) is 14.6. The first kappa shape index (κ1) is 27.3. The molecule has 0 aliphatic rings. The minimum Gasteiger partial charge on any atom is -0.340 e. The van der Waals surface area contributed by atoms with Crippen molar-refractivity contribution < 1.29 is 43.2 Å². The molecule has 5 nitrogen and oxygen atoms in total. The highest BCUT2D eigenvalue weighted by molar-refractivity contribution is 7.92. The fourth-order valence-electron chi connectivity index (χ4n) is 4.03. The minimum absolute atomic E-state index is 0.0282. The highest BCUT2D eigenvalue weighted by Crippen LogP contribution is 2.38. The number of sulfone groups is 2. The van der Waals surface area contributed by atoms with Gasteiger partial charge in [0, 0.05) is 17.3 Å². The van der Waals surface area contributed by atoms with Gasteiger partial charge in [-0.05, 0) is 36.6 Å². The van der Waals surface area contributed by atoms with Crippen molar-refractivity contribution in [3.63, 3.8) is 0 Å². The number of benzene rings is 2. The molecule has 13 heteroatoms. The number of hydrogen-bond donors (Lipinski definition) is 0. The van der Waals surface area contributed by atoms with Gasteiger partial charge in [0.15, 0.2) is 0 Å². The van der Waals surface area contributed by atoms with Crippen LogP contribution < -0.4 is 0 Å². The lowest BCUT2D eigenvalue weighted by Crippen LogP contribution is -2.23. The van der Waals surface area contributed by atoms with Gasteiger partial charge in [-0.25, -0.2) is 16.8 Å². The van der Waals surface area contributed by atoms with E-state index in [1.807, 2.05) is 13.8 Å². The van der Waals surface area contributed by atoms with E-state index in [9.17, 15) is 43.2 Å². The van der Waals surface area contributed by atoms with Gasteiger partial charge < -0.3 is 4.57 Å². The molecule has 1 aromatic heterocycles. The number of aromatic nitrogens is 1. The lowest BCUT2D eigenvalue weighted by Gasteiger charge is -2.18. The molecule has 0 N–H and O–H groups in total. The molecule has 3 rings (SSSR count). The summed E-state index contributed by atoms with van der Waals surface area (Å²) in [7, 11) is -11.4. The quantitative estimate of drug-likeness (QED) is 0.300. The van der Waals surface area contributed by atoms with Gasteiger partial charge in [0.2, 0.25) is 0 Å². The molecule has 3 aromatic rings. The second kappa shape index (κ2) is 9.30. The average Bonchev–Trinajstić information content (AvgIpc) is 3.07. The third-order valence-electron chi connectivity index (χ3n) is 6.02. The minimum atomic E-state index is -5.68. The number of nitrogens with zero attached hydrogens (tertiary/aromatic N) is 1. The SMILES string of the molecule is CCCCC(CC)Cn1c2cc(S(=O)(=O)C(F)(F)F)ccc2c2ccc(S(=O)(=O)C(F)(F)F)cc21. The summed E-state index contributed by atoms with van der Waals surface area (Å²) in [5.41, 5.74) is -11.0. The van der Waals surface area contributed by atoms with Gasteiger partial charge in [0.05, 0.1) is 20.8 Å². The van der Waals surface area contributed by atoms with E-state index in [4.69, 9.17) is 0 Å². The van der Waals surface area contributed by atoms with Crippen LogP contribution in [0.3, 0.4) is 0 Å². The van der Waals surface area contributed by atoms with Crippen molar-refractivity contribution in [3.05, 3.63) is 36.4 Å². The molecule has 0 fully saturated rings. The Morgan fingerprint density at radius 1 is 0.771 bits per heavy atom. The molecule has 0 saturated heterocycles. The third kappa shape index (κ3) is 4.89. The molecular weight excluding hydrogens is 520 g/mol. The van der Waals surface area contributed by atoms with Crippen molar-refractivity contribution in [3.8, 4) is 0 Å². The Morgan fingerprint density at radius 2 is 1.20 bits per heavy atom. The molecule has 1 unspecified atom stereocenters. The second-order valence-electron chi connectivity index (χ2n) is 8.28. The Balaban J connectivity index is 2.35. The van der Waals surface area contributed by atoms with E-state index < -0.39 is 40.5 Å². The highest BCUT2D eigenvalue weighted by Gasteiger charge is 2.48. The summed E-state index contributed by atoms with van der Waals surface area (Å²) < 4.78 is 128. The molecule has 0 bridgehead atoms. The summed E-state index contributed by atoms with van der Waals surface area (Å²) in [6, 6.07) is 5.54. The first-order valence-electron chi connectivity index (χ1n) is 10.7. The molecule has 194 valence electrons. The van der Waals surface area contributed by atoms with Gasteiger partial charge >= 0.3 is 11.0 Å². The number of halogens is 6. The largest absolute Gasteiger partial charge is 0.501 e. The molecule has 1 atom stereocenters. The lowest BCUT2D eigenvalue weighted by atomic mass is 9.99. The summed E-state index contributed by atoms with van der Waals surface area (Å²) in [4.78, 5) is -2.02. The third-order valence-corrected chi connectivity index (χ3v) is 8.99. The van der Waals surface area contributed by atoms with Crippen LogP contribution in [0.15, 0.2) is 46.2 Å². The van der Waals surface area contributed by atoms with E-state index in [0.29, 0.717) is 17.2 Å². The van der Waals surface area contributed by atoms with E-state index in [1.54, 1.807) is 0 Å². The molecular formula is C22H23F6NO4S2. The topological polar surface area (TPSA) is 73.2 Å². The summed E-state index contributed by atoms with van der Waals surface area (Å²) in [5.74, 6) is -0.0282. The van der Waals surface area contributed by atoms with Crippen LogP contribution in [-0.2, 0) is 26.2 Å². The van der Waals surface area contributed by atoms with E-state index in [1.165, 1.54) is 4.57 Å². The molecule has 0 aliphatic carbocycles. The van der Waals surface area contributed by atoms with Gasteiger partial charge in [-0.15, -0.1) is 0 Å². The van der Waals surface area contributed by atoms with Gasteiger partial charge in [0.25, 0.3) is 19.7 Å². The van der Waals surface area contributed by atoms with Crippen LogP contribution in [0, 0.1) is 5.92 Å². The van der Waals surface area contributed by atoms with Crippen molar-refractivity contribution in [2.75, 3.05) is 0 Å². The Kier molecular flexibility index (Phi) is 7.26. The monoisotopic (exact) mass is 543 g/mol. The summed E-state index contributed by atoms with van der Waals surface area (Å²) >= 11 is 0. The zero-order valence-electron chi connectivity index (χ0n) is 18.7. The zero-order valence-corrected chi connectivity index (χ0v) is 20.4. The Hall–Kier alpha value is -2.28. The molecule has 2 aromatic carbocycles. The number of fused-ring (bicyclic) bond motifs is 3. The Morgan fingerprint density at radius 3 is 1.54 bits per heavy atom. The standard InChI is InChI=1S/C22H23F6NO4S2/c1-3-5-6-14(4-2)13-29-19-11-15(34(30,31)21(23,24)25)7-9-17(19)18-10-8-16(12-20(18)29)35(32,33)22(26,27)28/h7-12,14H,3-6,13H2,1-2H3. The molecule has 0 spiro atoms. The Labute approximate surface area is 198 Å². The van der Waals surface area contributed by atoms with E-state index in [-0.39, 0.29) is 23.5 Å². The first-order chi connectivity index (χ1) is 16.1. The van der Waals surface area contributed by atoms with Crippen LogP contribution >= 0.6 is 0 Å². The van der Waals surface area contributed by atoms with Gasteiger partial charge in [-0.1, -0.05) is 45.2 Å². The maximum Gasteiger partial charge on any atom is 0.501 e. The van der Waals surface area contributed by atoms with Crippen molar-refractivity contribution in [1.29, 1.82) is 0 Å². The maximum atomic E-state index is 13.2. The van der Waals surface area contributed by atoms with Crippen LogP contribution in [0.4, 0.5) is 26.3 Å². The van der Waals surface area contributed by atoms with Crippen LogP contribution in [0.5, 0.6) is 0 Å². The number of hydrogen-bond acceptors (Lipinski definition) is 4. The number of alkyl halides is 6. The van der Waals surface area contributed by atoms with E-state index in [2.05, 4.69) is 0 Å². The fourth-order valence-corrected chi connectivity index (χ4v) is 5.59. The van der Waals surface area contributed by atoms with Crippen LogP contribution in [0.25, 0.3) is 21.8 Å². The van der Waals surface area contributed by atoms with Gasteiger partial charge in [-0.2, -0.15) is 26.3 Å². The molecule has 0 saturated carbocycles. The van der Waals surface area contributed by atoms with Crippen LogP contribution in [-0.4, -0.2) is 32.4 Å². The number of unbranched alkanes of at least 4 members (excludes halogenated alkanes) is 1. The first-order valence-corrected chi connectivity index (χ1v) is 13.7. The predicted molar refractivity (Wildman–Crippen MR) is 119 cm³/mol. The summed E-state index contributed by atoms with van der Waals surface area (Å²) in [5, 5.41) is 0.588. The van der Waals surface area contributed by atoms with Crippen molar-refractivity contribution in [2.45, 2.75) is 66.9 Å². The lowest BCUT2D eigenvalue weighted by molar-refractivity contribution is -0.0442. The highest BCUT2D eigenvalue weighted by atomic mass is 32.2. The molecule has 0 aliphatic heterocycles. The molecule has 1 heterocycles. The van der Waals surface area contributed by atoms with Crippen molar-refractivity contribution >= 4 is 41.5 Å². The van der Waals surface area contributed by atoms with Crippen LogP contribution in [0.2, 0.25) is 0 Å². The second-order valence-corrected chi connectivity index (χ2v) is 12.2. The van der Waals surface area contributed by atoms with Crippen molar-refractivity contribution in [1.82, 2.24) is 4.57 Å². The van der Waals surface area contributed by atoms with Crippen LogP contribution in [0.1, 0.15) is 39.5 Å². The number of rotatable bonds is 8. The molecule has 0 radical (unpaired) electrons. The maximum absolute atomic E-state index is 13.2. The molecule has 0 amide bonds. The van der Waals surface area contributed by atoms with E-state index in [0.717, 1.165) is 55.7 Å². The van der Waals surface area contributed by atoms with Gasteiger partial charge in [0.1, 0.15) is 0 Å².